The van der Waals surface area contributed by atoms with Gasteiger partial charge < -0.3 is 0 Å². The summed E-state index contributed by atoms with van der Waals surface area (Å²) in [5, 5.41) is 0. The summed E-state index contributed by atoms with van der Waals surface area (Å²) >= 11 is 0. The van der Waals surface area contributed by atoms with Crippen molar-refractivity contribution >= 4 is 55.9 Å². The fourth-order valence-corrected chi connectivity index (χ4v) is 3.86. The van der Waals surface area contributed by atoms with Crippen molar-refractivity contribution < 1.29 is 25.9 Å². The summed E-state index contributed by atoms with van der Waals surface area (Å²) in [7, 11) is -10.3. The molecule has 0 saturated carbocycles. The molecule has 0 saturated heterocycles. The van der Waals surface area contributed by atoms with Crippen LogP contribution in [0.2, 0.25) is 0 Å². The van der Waals surface area contributed by atoms with Gasteiger partial charge in [-0.3, -0.25) is 9.11 Å². The van der Waals surface area contributed by atoms with E-state index in [2.05, 4.69) is 0 Å². The molecule has 21 heavy (non-hydrogen) atoms. The van der Waals surface area contributed by atoms with Gasteiger partial charge in [-0.25, -0.2) is 0 Å². The maximum absolute atomic E-state index is 11.3. The molecule has 1 aromatic rings. The Labute approximate surface area is 147 Å². The quantitative estimate of drug-likeness (QED) is 0.614. The van der Waals surface area contributed by atoms with Crippen LogP contribution in [0.3, 0.4) is 0 Å². The normalized spacial score (nSPS) is 11.9. The average Bonchev–Trinajstić information content (AvgIpc) is 2.18. The van der Waals surface area contributed by atoms with E-state index in [0.29, 0.717) is 29.5 Å². The second kappa shape index (κ2) is 7.40. The zero-order valence-electron chi connectivity index (χ0n) is 12.4. The number of rotatable bonds is 5. The SMILES string of the molecule is CCCc1c(C)cc(C)cc1N(S(=O)(=O)O)S(=O)(=O)O.[Na]. The van der Waals surface area contributed by atoms with Crippen LogP contribution in [0.15, 0.2) is 12.1 Å². The zero-order valence-corrected chi connectivity index (χ0v) is 16.0. The van der Waals surface area contributed by atoms with E-state index in [0.717, 1.165) is 0 Å². The van der Waals surface area contributed by atoms with Crippen LogP contribution in [-0.2, 0) is 27.0 Å². The molecule has 7 nitrogen and oxygen atoms in total. The van der Waals surface area contributed by atoms with Gasteiger partial charge in [-0.15, -0.1) is 3.71 Å². The Balaban J connectivity index is 0.00000400. The number of benzene rings is 1. The Kier molecular flexibility index (Phi) is 7.35. The van der Waals surface area contributed by atoms with Crippen molar-refractivity contribution in [3.05, 3.63) is 28.8 Å². The molecule has 0 spiro atoms. The number of anilines is 1. The second-order valence-corrected chi connectivity index (χ2v) is 7.24. The van der Waals surface area contributed by atoms with Crippen molar-refractivity contribution in [3.63, 3.8) is 0 Å². The van der Waals surface area contributed by atoms with Gasteiger partial charge in [0.15, 0.2) is 0 Å². The molecule has 1 radical (unpaired) electrons. The van der Waals surface area contributed by atoms with Crippen molar-refractivity contribution in [1.82, 2.24) is 0 Å². The molecule has 0 atom stereocenters. The standard InChI is InChI=1S/C11H17NO6S2.Na/c1-4-5-10-9(3)6-8(2)7-11(10)12(19(13,14)15)20(16,17)18;/h6-7H,4-5H2,1-3H3,(H,13,14,15)(H,16,17,18);. The summed E-state index contributed by atoms with van der Waals surface area (Å²) in [4.78, 5) is 0. The van der Waals surface area contributed by atoms with Crippen LogP contribution in [0.4, 0.5) is 5.69 Å². The minimum atomic E-state index is -5.15. The molecule has 1 rings (SSSR count). The third-order valence-electron chi connectivity index (χ3n) is 2.71. The molecule has 0 amide bonds. The van der Waals surface area contributed by atoms with Crippen LogP contribution in [0.5, 0.6) is 0 Å². The summed E-state index contributed by atoms with van der Waals surface area (Å²) in [5.41, 5.74) is 1.47. The minimum absolute atomic E-state index is 0. The van der Waals surface area contributed by atoms with E-state index in [1.54, 1.807) is 19.9 Å². The van der Waals surface area contributed by atoms with Crippen molar-refractivity contribution in [3.8, 4) is 0 Å². The monoisotopic (exact) mass is 346 g/mol. The maximum atomic E-state index is 11.3. The van der Waals surface area contributed by atoms with Crippen molar-refractivity contribution in [1.29, 1.82) is 0 Å². The summed E-state index contributed by atoms with van der Waals surface area (Å²) in [6.45, 7) is 5.19. The molecule has 1 aromatic carbocycles. The molecule has 115 valence electrons. The number of nitrogens with zero attached hydrogens (tertiary/aromatic N) is 1. The summed E-state index contributed by atoms with van der Waals surface area (Å²) in [6, 6.07) is 3.06. The zero-order chi connectivity index (χ0) is 15.7. The molecular weight excluding hydrogens is 329 g/mol. The molecule has 0 aliphatic rings. The maximum Gasteiger partial charge on any atom is 0.375 e. The van der Waals surface area contributed by atoms with Gasteiger partial charge in [0.1, 0.15) is 0 Å². The average molecular weight is 346 g/mol. The smallest absolute Gasteiger partial charge is 0.268 e. The van der Waals surface area contributed by atoms with Gasteiger partial charge in [0.25, 0.3) is 0 Å². The van der Waals surface area contributed by atoms with E-state index in [1.807, 2.05) is 6.92 Å². The van der Waals surface area contributed by atoms with Crippen LogP contribution in [0.25, 0.3) is 0 Å². The van der Waals surface area contributed by atoms with Crippen LogP contribution < -0.4 is 3.71 Å². The molecule has 0 heterocycles. The van der Waals surface area contributed by atoms with Gasteiger partial charge in [0.05, 0.1) is 5.69 Å². The predicted molar refractivity (Wildman–Crippen MR) is 81.2 cm³/mol. The Hall–Kier alpha value is -0.160. The van der Waals surface area contributed by atoms with E-state index in [4.69, 9.17) is 9.11 Å². The van der Waals surface area contributed by atoms with Gasteiger partial charge in [0.2, 0.25) is 0 Å². The third-order valence-corrected chi connectivity index (χ3v) is 5.07. The summed E-state index contributed by atoms with van der Waals surface area (Å²) in [6.07, 6.45) is 1.05. The first-order valence-corrected chi connectivity index (χ1v) is 8.63. The predicted octanol–water partition coefficient (Wildman–Crippen LogP) is 1.29. The molecule has 0 aliphatic carbocycles. The van der Waals surface area contributed by atoms with E-state index in [1.165, 1.54) is 6.07 Å². The molecule has 0 aliphatic heterocycles. The molecule has 0 bridgehead atoms. The summed E-state index contributed by atoms with van der Waals surface area (Å²) in [5.74, 6) is 0. The van der Waals surface area contributed by atoms with E-state index < -0.39 is 20.6 Å². The Bertz CT molecular complexity index is 682. The molecule has 0 fully saturated rings. The fraction of sp³-hybridized carbons (Fsp3) is 0.455. The number of hydrogen-bond donors (Lipinski definition) is 2. The number of aryl methyl sites for hydroxylation is 2. The Morgan fingerprint density at radius 1 is 1.05 bits per heavy atom. The van der Waals surface area contributed by atoms with Gasteiger partial charge in [-0.2, -0.15) is 16.8 Å². The summed E-state index contributed by atoms with van der Waals surface area (Å²) < 4.78 is 63.0. The number of hydrogen-bond acceptors (Lipinski definition) is 4. The Morgan fingerprint density at radius 3 is 1.90 bits per heavy atom. The van der Waals surface area contributed by atoms with Crippen LogP contribution in [0, 0.1) is 13.8 Å². The van der Waals surface area contributed by atoms with Gasteiger partial charge >= 0.3 is 20.6 Å². The van der Waals surface area contributed by atoms with E-state index >= 15 is 0 Å². The topological polar surface area (TPSA) is 112 Å². The molecule has 2 N–H and O–H groups in total. The van der Waals surface area contributed by atoms with Crippen molar-refractivity contribution in [2.24, 2.45) is 0 Å². The first-order chi connectivity index (χ1) is 8.98. The fourth-order valence-electron chi connectivity index (χ4n) is 2.08. The molecule has 0 aromatic heterocycles. The van der Waals surface area contributed by atoms with Gasteiger partial charge in [-0.1, -0.05) is 19.4 Å². The molecule has 10 heteroatoms. The molecule has 0 unspecified atom stereocenters. The van der Waals surface area contributed by atoms with E-state index in [9.17, 15) is 16.8 Å². The van der Waals surface area contributed by atoms with Crippen molar-refractivity contribution in [2.75, 3.05) is 3.71 Å². The van der Waals surface area contributed by atoms with Crippen LogP contribution in [0.1, 0.15) is 30.0 Å². The van der Waals surface area contributed by atoms with Gasteiger partial charge in [-0.05, 0) is 43.0 Å². The Morgan fingerprint density at radius 2 is 1.52 bits per heavy atom. The first kappa shape index (κ1) is 20.8. The minimum Gasteiger partial charge on any atom is -0.268 e. The second-order valence-electron chi connectivity index (χ2n) is 4.48. The molecular formula is C11H17NNaO6S2. The van der Waals surface area contributed by atoms with E-state index in [-0.39, 0.29) is 39.0 Å². The van der Waals surface area contributed by atoms with Crippen LogP contribution >= 0.6 is 0 Å². The van der Waals surface area contributed by atoms with Crippen molar-refractivity contribution in [2.45, 2.75) is 33.6 Å². The van der Waals surface area contributed by atoms with Crippen LogP contribution in [-0.4, -0.2) is 55.5 Å². The first-order valence-electron chi connectivity index (χ1n) is 5.84. The largest absolute Gasteiger partial charge is 0.375 e. The third kappa shape index (κ3) is 5.20. The van der Waals surface area contributed by atoms with Gasteiger partial charge in [0, 0.05) is 29.6 Å².